The number of aliphatic hydroxyl groups excluding tert-OH is 3. The van der Waals surface area contributed by atoms with Gasteiger partial charge in [0, 0.05) is 19.6 Å². The molecule has 0 saturated carbocycles. The molecule has 0 amide bonds. The average molecular weight is 206 g/mol. The highest BCUT2D eigenvalue weighted by Crippen LogP contribution is 2.20. The van der Waals surface area contributed by atoms with Crippen LogP contribution in [0, 0.1) is 0 Å². The summed E-state index contributed by atoms with van der Waals surface area (Å²) in [6.45, 7) is 1.78. The van der Waals surface area contributed by atoms with Gasteiger partial charge in [-0.25, -0.2) is 0 Å². The van der Waals surface area contributed by atoms with Crippen molar-refractivity contribution in [2.75, 3.05) is 13.2 Å². The molecular formula is C10H22O4. The molecular weight excluding hydrogens is 184 g/mol. The SMILES string of the molecule is CC(O)(CCCO)CC(O)CCCO. The monoisotopic (exact) mass is 206 g/mol. The van der Waals surface area contributed by atoms with Gasteiger partial charge in [-0.1, -0.05) is 0 Å². The van der Waals surface area contributed by atoms with E-state index in [0.29, 0.717) is 32.1 Å². The molecule has 14 heavy (non-hydrogen) atoms. The lowest BCUT2D eigenvalue weighted by molar-refractivity contribution is -0.0102. The van der Waals surface area contributed by atoms with Crippen LogP contribution < -0.4 is 0 Å². The van der Waals surface area contributed by atoms with Gasteiger partial charge in [-0.3, -0.25) is 0 Å². The van der Waals surface area contributed by atoms with Gasteiger partial charge in [-0.2, -0.15) is 0 Å². The minimum atomic E-state index is -0.919. The number of rotatable bonds is 8. The molecule has 0 aromatic carbocycles. The van der Waals surface area contributed by atoms with Crippen molar-refractivity contribution in [2.45, 2.75) is 50.7 Å². The molecule has 0 aliphatic rings. The van der Waals surface area contributed by atoms with Crippen LogP contribution in [0.1, 0.15) is 39.0 Å². The highest BCUT2D eigenvalue weighted by molar-refractivity contribution is 4.76. The van der Waals surface area contributed by atoms with Gasteiger partial charge in [0.1, 0.15) is 0 Å². The van der Waals surface area contributed by atoms with Crippen LogP contribution in [0.15, 0.2) is 0 Å². The topological polar surface area (TPSA) is 80.9 Å². The molecule has 0 fully saturated rings. The van der Waals surface area contributed by atoms with Gasteiger partial charge in [-0.05, 0) is 32.6 Å². The largest absolute Gasteiger partial charge is 0.396 e. The fourth-order valence-electron chi connectivity index (χ4n) is 1.50. The Morgan fingerprint density at radius 3 is 2.21 bits per heavy atom. The van der Waals surface area contributed by atoms with E-state index in [0.717, 1.165) is 0 Å². The Balaban J connectivity index is 3.70. The van der Waals surface area contributed by atoms with Gasteiger partial charge in [0.25, 0.3) is 0 Å². The summed E-state index contributed by atoms with van der Waals surface area (Å²) in [5.74, 6) is 0. The van der Waals surface area contributed by atoms with Crippen molar-refractivity contribution < 1.29 is 20.4 Å². The molecule has 2 unspecified atom stereocenters. The Morgan fingerprint density at radius 2 is 1.71 bits per heavy atom. The van der Waals surface area contributed by atoms with Crippen molar-refractivity contribution in [1.29, 1.82) is 0 Å². The van der Waals surface area contributed by atoms with E-state index >= 15 is 0 Å². The summed E-state index contributed by atoms with van der Waals surface area (Å²) >= 11 is 0. The maximum Gasteiger partial charge on any atom is 0.0645 e. The predicted octanol–water partition coefficient (Wildman–Crippen LogP) is 0.0334. The zero-order chi connectivity index (χ0) is 11.0. The molecule has 0 aliphatic heterocycles. The van der Waals surface area contributed by atoms with E-state index in [1.165, 1.54) is 0 Å². The Hall–Kier alpha value is -0.160. The van der Waals surface area contributed by atoms with E-state index in [4.69, 9.17) is 10.2 Å². The van der Waals surface area contributed by atoms with E-state index in [9.17, 15) is 10.2 Å². The summed E-state index contributed by atoms with van der Waals surface area (Å²) in [6.07, 6.45) is 1.81. The molecule has 0 saturated heterocycles. The summed E-state index contributed by atoms with van der Waals surface area (Å²) in [7, 11) is 0. The summed E-state index contributed by atoms with van der Waals surface area (Å²) in [5, 5.41) is 36.4. The Kier molecular flexibility index (Phi) is 7.09. The third-order valence-electron chi connectivity index (χ3n) is 2.24. The Morgan fingerprint density at radius 1 is 1.14 bits per heavy atom. The minimum absolute atomic E-state index is 0.0584. The van der Waals surface area contributed by atoms with Gasteiger partial charge < -0.3 is 20.4 Å². The van der Waals surface area contributed by atoms with Crippen molar-refractivity contribution in [1.82, 2.24) is 0 Å². The second kappa shape index (κ2) is 7.17. The molecule has 0 aromatic rings. The van der Waals surface area contributed by atoms with E-state index in [-0.39, 0.29) is 13.2 Å². The highest BCUT2D eigenvalue weighted by atomic mass is 16.3. The summed E-state index contributed by atoms with van der Waals surface area (Å²) in [6, 6.07) is 0. The first-order chi connectivity index (χ1) is 6.52. The Bertz CT molecular complexity index is 136. The molecule has 4 heteroatoms. The van der Waals surface area contributed by atoms with Crippen molar-refractivity contribution in [3.63, 3.8) is 0 Å². The van der Waals surface area contributed by atoms with Gasteiger partial charge >= 0.3 is 0 Å². The predicted molar refractivity (Wildman–Crippen MR) is 53.9 cm³/mol. The first-order valence-corrected chi connectivity index (χ1v) is 5.14. The molecule has 2 atom stereocenters. The van der Waals surface area contributed by atoms with Gasteiger partial charge in [0.15, 0.2) is 0 Å². The summed E-state index contributed by atoms with van der Waals surface area (Å²) in [4.78, 5) is 0. The van der Waals surface area contributed by atoms with Crippen molar-refractivity contribution in [2.24, 2.45) is 0 Å². The molecule has 0 spiro atoms. The first-order valence-electron chi connectivity index (χ1n) is 5.14. The van der Waals surface area contributed by atoms with Gasteiger partial charge in [0.2, 0.25) is 0 Å². The lowest BCUT2D eigenvalue weighted by Crippen LogP contribution is -2.30. The van der Waals surface area contributed by atoms with Crippen LogP contribution >= 0.6 is 0 Å². The third kappa shape index (κ3) is 7.26. The lowest BCUT2D eigenvalue weighted by atomic mass is 9.92. The molecule has 0 aliphatic carbocycles. The molecule has 4 nitrogen and oxygen atoms in total. The van der Waals surface area contributed by atoms with E-state index in [1.54, 1.807) is 6.92 Å². The van der Waals surface area contributed by atoms with Crippen LogP contribution in [0.2, 0.25) is 0 Å². The highest BCUT2D eigenvalue weighted by Gasteiger charge is 2.23. The van der Waals surface area contributed by atoms with Gasteiger partial charge in [-0.15, -0.1) is 0 Å². The molecule has 0 rings (SSSR count). The molecule has 0 radical (unpaired) electrons. The second-order valence-electron chi connectivity index (χ2n) is 4.05. The zero-order valence-corrected chi connectivity index (χ0v) is 8.82. The van der Waals surface area contributed by atoms with Crippen LogP contribution in [-0.4, -0.2) is 45.3 Å². The quantitative estimate of drug-likeness (QED) is 0.452. The van der Waals surface area contributed by atoms with E-state index in [1.807, 2.05) is 0 Å². The van der Waals surface area contributed by atoms with Crippen molar-refractivity contribution >= 4 is 0 Å². The maximum atomic E-state index is 9.78. The van der Waals surface area contributed by atoms with E-state index in [2.05, 4.69) is 0 Å². The first kappa shape index (κ1) is 13.8. The normalized spacial score (nSPS) is 17.8. The fourth-order valence-corrected chi connectivity index (χ4v) is 1.50. The van der Waals surface area contributed by atoms with Crippen molar-refractivity contribution in [3.05, 3.63) is 0 Å². The molecule has 86 valence electrons. The second-order valence-corrected chi connectivity index (χ2v) is 4.05. The molecule has 0 bridgehead atoms. The van der Waals surface area contributed by atoms with E-state index < -0.39 is 11.7 Å². The number of hydrogen-bond donors (Lipinski definition) is 4. The van der Waals surface area contributed by atoms with Crippen LogP contribution in [-0.2, 0) is 0 Å². The number of hydrogen-bond acceptors (Lipinski definition) is 4. The number of aliphatic hydroxyl groups is 4. The average Bonchev–Trinajstić information content (AvgIpc) is 2.11. The zero-order valence-electron chi connectivity index (χ0n) is 8.82. The lowest BCUT2D eigenvalue weighted by Gasteiger charge is -2.25. The van der Waals surface area contributed by atoms with Crippen LogP contribution in [0.4, 0.5) is 0 Å². The summed E-state index contributed by atoms with van der Waals surface area (Å²) < 4.78 is 0. The molecule has 0 aromatic heterocycles. The van der Waals surface area contributed by atoms with Crippen molar-refractivity contribution in [3.8, 4) is 0 Å². The standard InChI is InChI=1S/C10H22O4/c1-10(14,5-3-7-12)8-9(13)4-2-6-11/h9,11-14H,2-8H2,1H3. The third-order valence-corrected chi connectivity index (χ3v) is 2.24. The molecule has 0 heterocycles. The minimum Gasteiger partial charge on any atom is -0.396 e. The van der Waals surface area contributed by atoms with Gasteiger partial charge in [0.05, 0.1) is 11.7 Å². The van der Waals surface area contributed by atoms with Crippen LogP contribution in [0.25, 0.3) is 0 Å². The summed E-state index contributed by atoms with van der Waals surface area (Å²) in [5.41, 5.74) is -0.919. The maximum absolute atomic E-state index is 9.78. The smallest absolute Gasteiger partial charge is 0.0645 e. The Labute approximate surface area is 85.2 Å². The molecule has 4 N–H and O–H groups in total. The fraction of sp³-hybridized carbons (Fsp3) is 1.00. The van der Waals surface area contributed by atoms with Crippen LogP contribution in [0.3, 0.4) is 0 Å². The van der Waals surface area contributed by atoms with Crippen LogP contribution in [0.5, 0.6) is 0 Å².